The van der Waals surface area contributed by atoms with Gasteiger partial charge in [0.25, 0.3) is 0 Å². The summed E-state index contributed by atoms with van der Waals surface area (Å²) in [5, 5.41) is 6.67. The van der Waals surface area contributed by atoms with Crippen molar-refractivity contribution < 1.29 is 0 Å². The Morgan fingerprint density at radius 2 is 1.65 bits per heavy atom. The van der Waals surface area contributed by atoms with E-state index in [2.05, 4.69) is 61.9 Å². The first-order chi connectivity index (χ1) is 12.6. The summed E-state index contributed by atoms with van der Waals surface area (Å²) in [7, 11) is 4.05. The number of anilines is 4. The molecule has 0 saturated carbocycles. The minimum absolute atomic E-state index is 0.602. The van der Waals surface area contributed by atoms with E-state index in [0.29, 0.717) is 5.95 Å². The Bertz CT molecular complexity index is 829. The highest BCUT2D eigenvalue weighted by Gasteiger charge is 2.04. The maximum atomic E-state index is 4.57. The zero-order valence-electron chi connectivity index (χ0n) is 15.5. The molecule has 0 amide bonds. The van der Waals surface area contributed by atoms with Crippen molar-refractivity contribution in [3.8, 4) is 0 Å². The number of nitrogens with one attached hydrogen (secondary N) is 2. The third-order valence-electron chi connectivity index (χ3n) is 4.06. The van der Waals surface area contributed by atoms with Gasteiger partial charge in [-0.25, -0.2) is 4.98 Å². The maximum absolute atomic E-state index is 4.57. The maximum Gasteiger partial charge on any atom is 0.229 e. The number of benzene rings is 2. The van der Waals surface area contributed by atoms with Gasteiger partial charge < -0.3 is 15.5 Å². The van der Waals surface area contributed by atoms with Crippen LogP contribution in [0.3, 0.4) is 0 Å². The van der Waals surface area contributed by atoms with E-state index in [1.54, 1.807) is 0 Å². The topological polar surface area (TPSA) is 53.1 Å². The van der Waals surface area contributed by atoms with Gasteiger partial charge in [-0.2, -0.15) is 4.98 Å². The molecule has 1 aromatic heterocycles. The molecule has 3 aromatic rings. The zero-order valence-corrected chi connectivity index (χ0v) is 15.5. The normalized spacial score (nSPS) is 10.4. The lowest BCUT2D eigenvalue weighted by Crippen LogP contribution is -2.09. The molecule has 1 heterocycles. The fourth-order valence-corrected chi connectivity index (χ4v) is 2.67. The quantitative estimate of drug-likeness (QED) is 0.669. The van der Waals surface area contributed by atoms with Gasteiger partial charge in [-0.1, -0.05) is 30.3 Å². The summed E-state index contributed by atoms with van der Waals surface area (Å²) in [5.74, 6) is 1.44. The van der Waals surface area contributed by atoms with Crippen molar-refractivity contribution in [2.75, 3.05) is 36.2 Å². The van der Waals surface area contributed by atoms with Gasteiger partial charge in [0.1, 0.15) is 5.82 Å². The van der Waals surface area contributed by atoms with Gasteiger partial charge in [-0.15, -0.1) is 0 Å². The molecule has 0 fully saturated rings. The molecule has 0 spiro atoms. The first kappa shape index (κ1) is 17.7. The third-order valence-corrected chi connectivity index (χ3v) is 4.06. The van der Waals surface area contributed by atoms with Gasteiger partial charge in [0.15, 0.2) is 0 Å². The summed E-state index contributed by atoms with van der Waals surface area (Å²) in [6.45, 7) is 2.81. The van der Waals surface area contributed by atoms with Crippen molar-refractivity contribution in [1.82, 2.24) is 9.97 Å². The second kappa shape index (κ2) is 8.34. The first-order valence-electron chi connectivity index (χ1n) is 8.78. The average molecular weight is 347 g/mol. The fourth-order valence-electron chi connectivity index (χ4n) is 2.67. The molecule has 2 aromatic carbocycles. The predicted molar refractivity (Wildman–Crippen MR) is 109 cm³/mol. The molecule has 26 heavy (non-hydrogen) atoms. The van der Waals surface area contributed by atoms with E-state index in [0.717, 1.165) is 35.9 Å². The zero-order chi connectivity index (χ0) is 18.4. The fraction of sp³-hybridized carbons (Fsp3) is 0.238. The van der Waals surface area contributed by atoms with E-state index in [-0.39, 0.29) is 0 Å². The number of hydrogen-bond donors (Lipinski definition) is 2. The van der Waals surface area contributed by atoms with Gasteiger partial charge >= 0.3 is 0 Å². The number of nitrogens with zero attached hydrogens (tertiary/aromatic N) is 3. The number of aromatic nitrogens is 2. The molecule has 0 atom stereocenters. The highest BCUT2D eigenvalue weighted by Crippen LogP contribution is 2.19. The number of hydrogen-bond acceptors (Lipinski definition) is 5. The van der Waals surface area contributed by atoms with Crippen LogP contribution in [0.4, 0.5) is 23.1 Å². The van der Waals surface area contributed by atoms with E-state index in [9.17, 15) is 0 Å². The molecule has 2 N–H and O–H groups in total. The van der Waals surface area contributed by atoms with Gasteiger partial charge in [0.2, 0.25) is 5.95 Å². The average Bonchev–Trinajstić information content (AvgIpc) is 2.62. The van der Waals surface area contributed by atoms with Crippen LogP contribution in [0.15, 0.2) is 60.7 Å². The summed E-state index contributed by atoms with van der Waals surface area (Å²) in [5.41, 5.74) is 4.36. The van der Waals surface area contributed by atoms with Gasteiger partial charge in [0, 0.05) is 43.8 Å². The Balaban J connectivity index is 1.63. The first-order valence-corrected chi connectivity index (χ1v) is 8.78. The van der Waals surface area contributed by atoms with E-state index in [4.69, 9.17) is 0 Å². The molecule has 5 nitrogen and oxygen atoms in total. The van der Waals surface area contributed by atoms with Crippen LogP contribution in [0.25, 0.3) is 0 Å². The Morgan fingerprint density at radius 3 is 2.35 bits per heavy atom. The van der Waals surface area contributed by atoms with Gasteiger partial charge in [0.05, 0.1) is 0 Å². The highest BCUT2D eigenvalue weighted by atomic mass is 15.1. The summed E-state index contributed by atoms with van der Waals surface area (Å²) in [6, 6.07) is 20.6. The van der Waals surface area contributed by atoms with Crippen LogP contribution in [-0.4, -0.2) is 30.6 Å². The second-order valence-corrected chi connectivity index (χ2v) is 6.45. The SMILES string of the molecule is Cc1cc(NCCc2ccccc2)nc(Nc2ccc(N(C)C)cc2)n1. The molecule has 0 saturated heterocycles. The predicted octanol–water partition coefficient (Wildman–Crippen LogP) is 4.25. The lowest BCUT2D eigenvalue weighted by molar-refractivity contribution is 0.995. The van der Waals surface area contributed by atoms with E-state index in [1.165, 1.54) is 5.56 Å². The van der Waals surface area contributed by atoms with Crippen LogP contribution in [0.2, 0.25) is 0 Å². The molecular weight excluding hydrogens is 322 g/mol. The van der Waals surface area contributed by atoms with Crippen molar-refractivity contribution in [2.24, 2.45) is 0 Å². The van der Waals surface area contributed by atoms with E-state index < -0.39 is 0 Å². The summed E-state index contributed by atoms with van der Waals surface area (Å²) >= 11 is 0. The van der Waals surface area contributed by atoms with Gasteiger partial charge in [-0.3, -0.25) is 0 Å². The lowest BCUT2D eigenvalue weighted by Gasteiger charge is -2.13. The van der Waals surface area contributed by atoms with Crippen molar-refractivity contribution in [1.29, 1.82) is 0 Å². The Labute approximate surface area is 155 Å². The Hall–Kier alpha value is -3.08. The summed E-state index contributed by atoms with van der Waals surface area (Å²) < 4.78 is 0. The van der Waals surface area contributed by atoms with Crippen molar-refractivity contribution in [2.45, 2.75) is 13.3 Å². The highest BCUT2D eigenvalue weighted by molar-refractivity contribution is 5.59. The van der Waals surface area contributed by atoms with Crippen LogP contribution < -0.4 is 15.5 Å². The molecule has 0 radical (unpaired) electrons. The van der Waals surface area contributed by atoms with Crippen LogP contribution in [0, 0.1) is 6.92 Å². The lowest BCUT2D eigenvalue weighted by atomic mass is 10.1. The Kier molecular flexibility index (Phi) is 5.69. The van der Waals surface area contributed by atoms with E-state index in [1.807, 2.05) is 45.3 Å². The molecule has 5 heteroatoms. The minimum Gasteiger partial charge on any atom is -0.378 e. The van der Waals surface area contributed by atoms with E-state index >= 15 is 0 Å². The molecular formula is C21H25N5. The minimum atomic E-state index is 0.602. The van der Waals surface area contributed by atoms with Crippen LogP contribution in [0.5, 0.6) is 0 Å². The molecule has 0 bridgehead atoms. The van der Waals surface area contributed by atoms with Crippen molar-refractivity contribution >= 4 is 23.1 Å². The summed E-state index contributed by atoms with van der Waals surface area (Å²) in [6.07, 6.45) is 0.957. The third kappa shape index (κ3) is 4.96. The van der Waals surface area contributed by atoms with Gasteiger partial charge in [-0.05, 0) is 43.2 Å². The molecule has 0 aliphatic heterocycles. The van der Waals surface area contributed by atoms with Crippen LogP contribution in [-0.2, 0) is 6.42 Å². The molecule has 3 rings (SSSR count). The Morgan fingerprint density at radius 1 is 0.923 bits per heavy atom. The number of aryl methyl sites for hydroxylation is 1. The molecule has 0 unspecified atom stereocenters. The summed E-state index contributed by atoms with van der Waals surface area (Å²) in [4.78, 5) is 11.1. The van der Waals surface area contributed by atoms with Crippen molar-refractivity contribution in [3.63, 3.8) is 0 Å². The second-order valence-electron chi connectivity index (χ2n) is 6.45. The van der Waals surface area contributed by atoms with Crippen LogP contribution in [0.1, 0.15) is 11.3 Å². The largest absolute Gasteiger partial charge is 0.378 e. The molecule has 0 aliphatic carbocycles. The standard InChI is InChI=1S/C21H25N5/c1-16-15-20(22-14-13-17-7-5-4-6-8-17)25-21(23-16)24-18-9-11-19(12-10-18)26(2)3/h4-12,15H,13-14H2,1-3H3,(H2,22,23,24,25). The molecule has 0 aliphatic rings. The number of rotatable bonds is 7. The monoisotopic (exact) mass is 347 g/mol. The van der Waals surface area contributed by atoms with Crippen LogP contribution >= 0.6 is 0 Å². The smallest absolute Gasteiger partial charge is 0.229 e. The molecule has 134 valence electrons. The van der Waals surface area contributed by atoms with Crippen molar-refractivity contribution in [3.05, 3.63) is 71.9 Å².